The molecule has 1 fully saturated rings. The lowest BCUT2D eigenvalue weighted by Crippen LogP contribution is -2.43. The molecular weight excluding hydrogens is 190 g/mol. The fourth-order valence-corrected chi connectivity index (χ4v) is 2.19. The molecule has 0 amide bonds. The standard InChI is InChI=1S/C10H19N5/c1-10(6-4-3-5-7-11-10)8-9-12-14-15(2)13-9/h11H,3-8H2,1-2H3. The second kappa shape index (κ2) is 4.26. The Kier molecular flexibility index (Phi) is 3.00. The van der Waals surface area contributed by atoms with E-state index in [4.69, 9.17) is 0 Å². The van der Waals surface area contributed by atoms with Gasteiger partial charge >= 0.3 is 0 Å². The van der Waals surface area contributed by atoms with Gasteiger partial charge in [-0.25, -0.2) is 0 Å². The van der Waals surface area contributed by atoms with E-state index in [9.17, 15) is 0 Å². The Labute approximate surface area is 90.2 Å². The number of rotatable bonds is 2. The van der Waals surface area contributed by atoms with Crippen LogP contribution in [-0.4, -0.2) is 32.3 Å². The lowest BCUT2D eigenvalue weighted by atomic mass is 9.92. The van der Waals surface area contributed by atoms with Crippen LogP contribution in [0.5, 0.6) is 0 Å². The highest BCUT2D eigenvalue weighted by atomic mass is 15.6. The van der Waals surface area contributed by atoms with E-state index in [0.29, 0.717) is 0 Å². The first kappa shape index (κ1) is 10.5. The molecule has 0 aliphatic carbocycles. The van der Waals surface area contributed by atoms with Crippen molar-refractivity contribution in [2.75, 3.05) is 6.54 Å². The van der Waals surface area contributed by atoms with Gasteiger partial charge in [-0.05, 0) is 31.5 Å². The largest absolute Gasteiger partial charge is 0.311 e. The number of hydrogen-bond donors (Lipinski definition) is 1. The van der Waals surface area contributed by atoms with Crippen molar-refractivity contribution in [2.45, 2.75) is 44.6 Å². The molecule has 2 rings (SSSR count). The van der Waals surface area contributed by atoms with Gasteiger partial charge in [-0.2, -0.15) is 4.80 Å². The molecule has 5 heteroatoms. The maximum Gasteiger partial charge on any atom is 0.176 e. The summed E-state index contributed by atoms with van der Waals surface area (Å²) in [6.07, 6.45) is 5.98. The Hall–Kier alpha value is -0.970. The summed E-state index contributed by atoms with van der Waals surface area (Å²) >= 11 is 0. The molecular formula is C10H19N5. The monoisotopic (exact) mass is 209 g/mol. The van der Waals surface area contributed by atoms with Crippen LogP contribution >= 0.6 is 0 Å². The third-order valence-electron chi connectivity index (χ3n) is 3.06. The summed E-state index contributed by atoms with van der Waals surface area (Å²) in [6.45, 7) is 3.37. The van der Waals surface area contributed by atoms with Crippen molar-refractivity contribution >= 4 is 0 Å². The zero-order chi connectivity index (χ0) is 10.7. The van der Waals surface area contributed by atoms with Crippen molar-refractivity contribution in [1.82, 2.24) is 25.5 Å². The van der Waals surface area contributed by atoms with Crippen LogP contribution in [0.25, 0.3) is 0 Å². The lowest BCUT2D eigenvalue weighted by molar-refractivity contribution is 0.339. The summed E-state index contributed by atoms with van der Waals surface area (Å²) in [5, 5.41) is 15.7. The van der Waals surface area contributed by atoms with Crippen LogP contribution in [0.3, 0.4) is 0 Å². The van der Waals surface area contributed by atoms with Crippen LogP contribution in [0.1, 0.15) is 38.4 Å². The lowest BCUT2D eigenvalue weighted by Gasteiger charge is -2.27. The molecule has 1 aliphatic rings. The molecule has 5 nitrogen and oxygen atoms in total. The number of nitrogens with zero attached hydrogens (tertiary/aromatic N) is 4. The Bertz CT molecular complexity index is 311. The Morgan fingerprint density at radius 2 is 2.27 bits per heavy atom. The van der Waals surface area contributed by atoms with E-state index in [-0.39, 0.29) is 5.54 Å². The molecule has 2 heterocycles. The molecule has 0 radical (unpaired) electrons. The molecule has 1 atom stereocenters. The van der Waals surface area contributed by atoms with Gasteiger partial charge in [0.15, 0.2) is 5.82 Å². The third kappa shape index (κ3) is 2.75. The van der Waals surface area contributed by atoms with Gasteiger partial charge in [0, 0.05) is 12.0 Å². The fraction of sp³-hybridized carbons (Fsp3) is 0.900. The summed E-state index contributed by atoms with van der Waals surface area (Å²) in [5.74, 6) is 0.842. The van der Waals surface area contributed by atoms with E-state index < -0.39 is 0 Å². The molecule has 0 spiro atoms. The van der Waals surface area contributed by atoms with E-state index in [1.165, 1.54) is 30.5 Å². The number of aryl methyl sites for hydroxylation is 1. The van der Waals surface area contributed by atoms with Crippen LogP contribution in [-0.2, 0) is 13.5 Å². The van der Waals surface area contributed by atoms with Crippen LogP contribution < -0.4 is 5.32 Å². The van der Waals surface area contributed by atoms with E-state index in [1.807, 2.05) is 0 Å². The Morgan fingerprint density at radius 1 is 1.40 bits per heavy atom. The van der Waals surface area contributed by atoms with Crippen molar-refractivity contribution in [3.63, 3.8) is 0 Å². The van der Waals surface area contributed by atoms with Crippen LogP contribution in [0.4, 0.5) is 0 Å². The molecule has 1 saturated heterocycles. The Morgan fingerprint density at radius 3 is 3.00 bits per heavy atom. The molecule has 1 aromatic heterocycles. The van der Waals surface area contributed by atoms with Gasteiger partial charge < -0.3 is 5.32 Å². The van der Waals surface area contributed by atoms with E-state index in [2.05, 4.69) is 27.7 Å². The zero-order valence-corrected chi connectivity index (χ0v) is 9.53. The van der Waals surface area contributed by atoms with Crippen LogP contribution in [0, 0.1) is 0 Å². The highest BCUT2D eigenvalue weighted by molar-refractivity contribution is 4.94. The first-order valence-corrected chi connectivity index (χ1v) is 5.66. The minimum Gasteiger partial charge on any atom is -0.311 e. The SMILES string of the molecule is Cn1nnc(CC2(C)CCCCCN2)n1. The zero-order valence-electron chi connectivity index (χ0n) is 9.53. The van der Waals surface area contributed by atoms with Crippen molar-refractivity contribution < 1.29 is 0 Å². The van der Waals surface area contributed by atoms with Crippen molar-refractivity contribution in [1.29, 1.82) is 0 Å². The van der Waals surface area contributed by atoms with E-state index in [1.54, 1.807) is 7.05 Å². The fourth-order valence-electron chi connectivity index (χ4n) is 2.19. The number of nitrogens with one attached hydrogen (secondary N) is 1. The van der Waals surface area contributed by atoms with Crippen molar-refractivity contribution in [2.24, 2.45) is 7.05 Å². The molecule has 0 aromatic carbocycles. The van der Waals surface area contributed by atoms with Gasteiger partial charge in [0.05, 0.1) is 7.05 Å². The number of hydrogen-bond acceptors (Lipinski definition) is 4. The number of tetrazole rings is 1. The van der Waals surface area contributed by atoms with Crippen LogP contribution in [0.2, 0.25) is 0 Å². The first-order valence-electron chi connectivity index (χ1n) is 5.66. The highest BCUT2D eigenvalue weighted by Crippen LogP contribution is 2.21. The molecule has 1 aromatic rings. The molecule has 1 aliphatic heterocycles. The maximum absolute atomic E-state index is 4.24. The first-order chi connectivity index (χ1) is 7.18. The summed E-state index contributed by atoms with van der Waals surface area (Å²) < 4.78 is 0. The van der Waals surface area contributed by atoms with Crippen LogP contribution in [0.15, 0.2) is 0 Å². The average Bonchev–Trinajstić information content (AvgIpc) is 2.46. The van der Waals surface area contributed by atoms with Crippen molar-refractivity contribution in [3.8, 4) is 0 Å². The third-order valence-corrected chi connectivity index (χ3v) is 3.06. The van der Waals surface area contributed by atoms with E-state index in [0.717, 1.165) is 18.8 Å². The van der Waals surface area contributed by atoms with Gasteiger partial charge in [-0.1, -0.05) is 12.8 Å². The summed E-state index contributed by atoms with van der Waals surface area (Å²) in [5.41, 5.74) is 0.152. The van der Waals surface area contributed by atoms with Gasteiger partial charge in [0.2, 0.25) is 0 Å². The topological polar surface area (TPSA) is 55.6 Å². The molecule has 84 valence electrons. The second-order valence-electron chi connectivity index (χ2n) is 4.67. The number of aromatic nitrogens is 4. The minimum atomic E-state index is 0.152. The second-order valence-corrected chi connectivity index (χ2v) is 4.67. The van der Waals surface area contributed by atoms with Gasteiger partial charge in [0.25, 0.3) is 0 Å². The average molecular weight is 209 g/mol. The molecule has 0 bridgehead atoms. The predicted molar refractivity (Wildman–Crippen MR) is 57.4 cm³/mol. The van der Waals surface area contributed by atoms with Crippen molar-refractivity contribution in [3.05, 3.63) is 5.82 Å². The molecule has 1 N–H and O–H groups in total. The van der Waals surface area contributed by atoms with Gasteiger partial charge in [0.1, 0.15) is 0 Å². The smallest absolute Gasteiger partial charge is 0.176 e. The minimum absolute atomic E-state index is 0.152. The quantitative estimate of drug-likeness (QED) is 0.778. The Balaban J connectivity index is 2.02. The van der Waals surface area contributed by atoms with Gasteiger partial charge in [-0.3, -0.25) is 0 Å². The highest BCUT2D eigenvalue weighted by Gasteiger charge is 2.27. The van der Waals surface area contributed by atoms with E-state index >= 15 is 0 Å². The molecule has 15 heavy (non-hydrogen) atoms. The summed E-state index contributed by atoms with van der Waals surface area (Å²) in [7, 11) is 1.80. The molecule has 1 unspecified atom stereocenters. The normalized spacial score (nSPS) is 27.6. The summed E-state index contributed by atoms with van der Waals surface area (Å²) in [6, 6.07) is 0. The predicted octanol–water partition coefficient (Wildman–Crippen LogP) is 0.675. The molecule has 0 saturated carbocycles. The van der Waals surface area contributed by atoms with Gasteiger partial charge in [-0.15, -0.1) is 10.2 Å². The summed E-state index contributed by atoms with van der Waals surface area (Å²) in [4.78, 5) is 1.52. The maximum atomic E-state index is 4.24.